The molecule has 6 nitrogen and oxygen atoms in total. The maximum absolute atomic E-state index is 13.0. The zero-order valence-corrected chi connectivity index (χ0v) is 17.4. The average Bonchev–Trinajstić information content (AvgIpc) is 3.26. The van der Waals surface area contributed by atoms with Gasteiger partial charge in [0.15, 0.2) is 0 Å². The Morgan fingerprint density at radius 1 is 0.967 bits per heavy atom. The molecule has 1 aliphatic heterocycles. The number of hydrogen-bond acceptors (Lipinski definition) is 4. The number of fused-ring (bicyclic) bond motifs is 1. The maximum Gasteiger partial charge on any atom is 0.246 e. The molecule has 1 fully saturated rings. The van der Waals surface area contributed by atoms with Crippen molar-refractivity contribution in [2.24, 2.45) is 0 Å². The molecule has 0 aromatic heterocycles. The number of piperazine rings is 1. The van der Waals surface area contributed by atoms with E-state index in [2.05, 4.69) is 6.07 Å². The highest BCUT2D eigenvalue weighted by Gasteiger charge is 2.30. The van der Waals surface area contributed by atoms with E-state index in [4.69, 9.17) is 5.26 Å². The van der Waals surface area contributed by atoms with E-state index >= 15 is 0 Å². The summed E-state index contributed by atoms with van der Waals surface area (Å²) in [7, 11) is -3.54. The van der Waals surface area contributed by atoms with Crippen LogP contribution in [-0.4, -0.2) is 49.7 Å². The van der Waals surface area contributed by atoms with Gasteiger partial charge in [0.2, 0.25) is 15.9 Å². The fourth-order valence-corrected chi connectivity index (χ4v) is 5.42. The van der Waals surface area contributed by atoms with Gasteiger partial charge in [-0.25, -0.2) is 8.42 Å². The van der Waals surface area contributed by atoms with Crippen LogP contribution in [0.2, 0.25) is 0 Å². The van der Waals surface area contributed by atoms with Crippen molar-refractivity contribution in [3.05, 3.63) is 70.8 Å². The molecule has 1 amide bonds. The van der Waals surface area contributed by atoms with Gasteiger partial charge in [-0.15, -0.1) is 0 Å². The van der Waals surface area contributed by atoms with E-state index in [1.807, 2.05) is 12.1 Å². The largest absolute Gasteiger partial charge is 0.337 e. The third-order valence-electron chi connectivity index (χ3n) is 5.72. The third kappa shape index (κ3) is 4.16. The molecule has 1 saturated heterocycles. The minimum atomic E-state index is -3.54. The number of sulfonamides is 1. The lowest BCUT2D eigenvalue weighted by Crippen LogP contribution is -2.50. The van der Waals surface area contributed by atoms with Gasteiger partial charge in [-0.1, -0.05) is 18.2 Å². The van der Waals surface area contributed by atoms with Gasteiger partial charge in [0.05, 0.1) is 16.5 Å². The van der Waals surface area contributed by atoms with Crippen LogP contribution in [0.15, 0.2) is 53.4 Å². The average molecular weight is 422 g/mol. The van der Waals surface area contributed by atoms with Gasteiger partial charge in [0.25, 0.3) is 0 Å². The summed E-state index contributed by atoms with van der Waals surface area (Å²) in [5, 5.41) is 8.83. The van der Waals surface area contributed by atoms with Gasteiger partial charge >= 0.3 is 0 Å². The smallest absolute Gasteiger partial charge is 0.246 e. The van der Waals surface area contributed by atoms with Crippen LogP contribution >= 0.6 is 0 Å². The summed E-state index contributed by atoms with van der Waals surface area (Å²) < 4.78 is 27.5. The molecule has 2 aromatic rings. The molecule has 0 unspecified atom stereocenters. The van der Waals surface area contributed by atoms with E-state index in [0.29, 0.717) is 23.5 Å². The van der Waals surface area contributed by atoms with Crippen molar-refractivity contribution in [1.29, 1.82) is 5.26 Å². The van der Waals surface area contributed by atoms with E-state index in [1.54, 1.807) is 41.3 Å². The van der Waals surface area contributed by atoms with Crippen molar-refractivity contribution in [2.45, 2.75) is 24.2 Å². The molecule has 2 aromatic carbocycles. The number of nitrogens with zero attached hydrogens (tertiary/aromatic N) is 3. The molecule has 154 valence electrons. The first kappa shape index (κ1) is 20.3. The van der Waals surface area contributed by atoms with Gasteiger partial charge in [-0.05, 0) is 66.3 Å². The van der Waals surface area contributed by atoms with Crippen molar-refractivity contribution in [3.63, 3.8) is 0 Å². The summed E-state index contributed by atoms with van der Waals surface area (Å²) in [5.41, 5.74) is 3.79. The monoisotopic (exact) mass is 421 g/mol. The second kappa shape index (κ2) is 8.42. The highest BCUT2D eigenvalue weighted by molar-refractivity contribution is 7.89. The molecule has 30 heavy (non-hydrogen) atoms. The minimum absolute atomic E-state index is 0.145. The van der Waals surface area contributed by atoms with Crippen LogP contribution in [0, 0.1) is 11.3 Å². The number of carbonyl (C=O) groups excluding carboxylic acids is 1. The molecule has 0 spiro atoms. The van der Waals surface area contributed by atoms with E-state index in [-0.39, 0.29) is 19.0 Å². The Hall–Kier alpha value is -2.95. The van der Waals surface area contributed by atoms with Crippen LogP contribution in [-0.2, 0) is 27.7 Å². The van der Waals surface area contributed by atoms with Gasteiger partial charge in [0, 0.05) is 32.3 Å². The molecule has 7 heteroatoms. The zero-order chi connectivity index (χ0) is 21.1. The van der Waals surface area contributed by atoms with Gasteiger partial charge in [-0.3, -0.25) is 4.79 Å². The lowest BCUT2D eigenvalue weighted by Gasteiger charge is -2.33. The number of benzene rings is 2. The Bertz CT molecular complexity index is 1120. The fraction of sp³-hybridized carbons (Fsp3) is 0.304. The van der Waals surface area contributed by atoms with Crippen molar-refractivity contribution in [3.8, 4) is 6.07 Å². The van der Waals surface area contributed by atoms with Crippen LogP contribution in [0.25, 0.3) is 6.08 Å². The molecule has 0 radical (unpaired) electrons. The Balaban J connectivity index is 1.37. The van der Waals surface area contributed by atoms with E-state index in [9.17, 15) is 13.2 Å². The number of rotatable bonds is 4. The van der Waals surface area contributed by atoms with E-state index in [1.165, 1.54) is 15.9 Å². The van der Waals surface area contributed by atoms with E-state index < -0.39 is 10.0 Å². The van der Waals surface area contributed by atoms with Crippen molar-refractivity contribution in [1.82, 2.24) is 9.21 Å². The molecule has 1 heterocycles. The zero-order valence-electron chi connectivity index (χ0n) is 16.6. The highest BCUT2D eigenvalue weighted by Crippen LogP contribution is 2.26. The van der Waals surface area contributed by atoms with Crippen LogP contribution in [0.1, 0.15) is 28.7 Å². The molecule has 1 aliphatic carbocycles. The molecule has 0 saturated carbocycles. The van der Waals surface area contributed by atoms with Gasteiger partial charge in [-0.2, -0.15) is 9.57 Å². The van der Waals surface area contributed by atoms with Crippen molar-refractivity contribution < 1.29 is 13.2 Å². The first-order chi connectivity index (χ1) is 14.5. The summed E-state index contributed by atoms with van der Waals surface area (Å²) in [6.07, 6.45) is 6.23. The second-order valence-electron chi connectivity index (χ2n) is 7.58. The quantitative estimate of drug-likeness (QED) is 0.711. The molecule has 0 atom stereocenters. The Labute approximate surface area is 177 Å². The number of amides is 1. The standard InChI is InChI=1S/C23H23N3O3S/c24-17-19-6-4-18(5-7-19)8-11-23(27)25-12-14-26(15-13-25)30(28,29)22-10-9-20-2-1-3-21(20)16-22/h4-11,16H,1-3,12-15H2/b11-8+. The first-order valence-corrected chi connectivity index (χ1v) is 11.5. The summed E-state index contributed by atoms with van der Waals surface area (Å²) in [6, 6.07) is 14.5. The van der Waals surface area contributed by atoms with Gasteiger partial charge in [0.1, 0.15) is 0 Å². The Morgan fingerprint density at radius 2 is 1.67 bits per heavy atom. The lowest BCUT2D eigenvalue weighted by molar-refractivity contribution is -0.127. The van der Waals surface area contributed by atoms with Crippen LogP contribution in [0.4, 0.5) is 0 Å². The molecule has 0 N–H and O–H groups in total. The second-order valence-corrected chi connectivity index (χ2v) is 9.52. The summed E-state index contributed by atoms with van der Waals surface area (Å²) in [4.78, 5) is 14.5. The Kier molecular flexibility index (Phi) is 5.71. The predicted molar refractivity (Wildman–Crippen MR) is 114 cm³/mol. The molecule has 2 aliphatic rings. The predicted octanol–water partition coefficient (Wildman–Crippen LogP) is 2.59. The summed E-state index contributed by atoms with van der Waals surface area (Å²) in [5.74, 6) is -0.145. The SMILES string of the molecule is N#Cc1ccc(/C=C/C(=O)N2CCN(S(=O)(=O)c3ccc4c(c3)CCC4)CC2)cc1. The molecule has 0 bridgehead atoms. The van der Waals surface area contributed by atoms with Crippen LogP contribution in [0.5, 0.6) is 0 Å². The van der Waals surface area contributed by atoms with Gasteiger partial charge < -0.3 is 4.90 Å². The Morgan fingerprint density at radius 3 is 2.37 bits per heavy atom. The van der Waals surface area contributed by atoms with Crippen molar-refractivity contribution in [2.75, 3.05) is 26.2 Å². The normalized spacial score (nSPS) is 17.1. The number of aryl methyl sites for hydroxylation is 2. The maximum atomic E-state index is 13.0. The number of nitriles is 1. The van der Waals surface area contributed by atoms with E-state index in [0.717, 1.165) is 30.4 Å². The third-order valence-corrected chi connectivity index (χ3v) is 7.61. The number of hydrogen-bond donors (Lipinski definition) is 0. The molecular formula is C23H23N3O3S. The summed E-state index contributed by atoms with van der Waals surface area (Å²) >= 11 is 0. The van der Waals surface area contributed by atoms with Crippen LogP contribution < -0.4 is 0 Å². The topological polar surface area (TPSA) is 81.5 Å². The molecule has 4 rings (SSSR count). The lowest BCUT2D eigenvalue weighted by atomic mass is 10.1. The minimum Gasteiger partial charge on any atom is -0.337 e. The summed E-state index contributed by atoms with van der Waals surface area (Å²) in [6.45, 7) is 1.30. The van der Waals surface area contributed by atoms with Crippen LogP contribution in [0.3, 0.4) is 0 Å². The fourth-order valence-electron chi connectivity index (χ4n) is 3.95. The molecular weight excluding hydrogens is 398 g/mol. The van der Waals surface area contributed by atoms with Crippen molar-refractivity contribution >= 4 is 22.0 Å². The highest BCUT2D eigenvalue weighted by atomic mass is 32.2. The number of carbonyl (C=O) groups is 1. The first-order valence-electron chi connectivity index (χ1n) is 10.1.